The fraction of sp³-hybridized carbons (Fsp3) is 0.0667. The second-order valence-corrected chi connectivity index (χ2v) is 5.11. The molecule has 4 heteroatoms. The van der Waals surface area contributed by atoms with Crippen LogP contribution in [0.2, 0.25) is 0 Å². The maximum atomic E-state index is 9.02. The summed E-state index contributed by atoms with van der Waals surface area (Å²) >= 11 is 3.46. The Bertz CT molecular complexity index is 783. The molecule has 19 heavy (non-hydrogen) atoms. The first-order valence-electron chi connectivity index (χ1n) is 5.89. The number of rotatable bonds is 2. The van der Waals surface area contributed by atoms with E-state index in [4.69, 9.17) is 5.26 Å². The molecule has 0 N–H and O–H groups in total. The van der Waals surface area contributed by atoms with E-state index in [0.29, 0.717) is 6.42 Å². The van der Waals surface area contributed by atoms with Gasteiger partial charge in [-0.1, -0.05) is 40.2 Å². The van der Waals surface area contributed by atoms with Gasteiger partial charge in [0.1, 0.15) is 0 Å². The van der Waals surface area contributed by atoms with Gasteiger partial charge in [-0.3, -0.25) is 0 Å². The van der Waals surface area contributed by atoms with Gasteiger partial charge >= 0.3 is 0 Å². The molecule has 0 amide bonds. The summed E-state index contributed by atoms with van der Waals surface area (Å²) < 4.78 is 2.84. The van der Waals surface area contributed by atoms with Crippen molar-refractivity contribution in [3.63, 3.8) is 0 Å². The van der Waals surface area contributed by atoms with E-state index in [0.717, 1.165) is 26.8 Å². The lowest BCUT2D eigenvalue weighted by Gasteiger charge is -2.05. The molecule has 0 spiro atoms. The van der Waals surface area contributed by atoms with E-state index in [1.54, 1.807) is 0 Å². The number of nitrogens with zero attached hydrogens (tertiary/aromatic N) is 3. The number of hydrogen-bond acceptors (Lipinski definition) is 2. The van der Waals surface area contributed by atoms with E-state index in [2.05, 4.69) is 27.1 Å². The highest BCUT2D eigenvalue weighted by molar-refractivity contribution is 9.10. The molecule has 1 aromatic heterocycles. The quantitative estimate of drug-likeness (QED) is 0.721. The van der Waals surface area contributed by atoms with E-state index in [1.807, 2.05) is 53.2 Å². The van der Waals surface area contributed by atoms with E-state index in [1.165, 1.54) is 0 Å². The van der Waals surface area contributed by atoms with Crippen molar-refractivity contribution >= 4 is 26.8 Å². The van der Waals surface area contributed by atoms with Crippen LogP contribution in [0.1, 0.15) is 5.69 Å². The van der Waals surface area contributed by atoms with E-state index in [-0.39, 0.29) is 0 Å². The van der Waals surface area contributed by atoms with Crippen LogP contribution in [0, 0.1) is 11.3 Å². The summed E-state index contributed by atoms with van der Waals surface area (Å²) in [7, 11) is 0. The molecular weight excluding hydrogens is 302 g/mol. The molecule has 0 atom stereocenters. The standard InChI is InChI=1S/C15H10BrN3/c16-11-4-3-5-12(10-11)19-15(8-9-17)13-6-1-2-7-14(13)18-19/h1-7,10H,8H2. The van der Waals surface area contributed by atoms with Gasteiger partial charge in [-0.25, -0.2) is 4.68 Å². The van der Waals surface area contributed by atoms with Gasteiger partial charge in [-0.15, -0.1) is 0 Å². The van der Waals surface area contributed by atoms with E-state index in [9.17, 15) is 0 Å². The number of nitriles is 1. The minimum Gasteiger partial charge on any atom is -0.235 e. The molecule has 0 aliphatic carbocycles. The lowest BCUT2D eigenvalue weighted by atomic mass is 10.2. The molecule has 3 nitrogen and oxygen atoms in total. The molecule has 0 saturated heterocycles. The smallest absolute Gasteiger partial charge is 0.0931 e. The fourth-order valence-electron chi connectivity index (χ4n) is 2.15. The lowest BCUT2D eigenvalue weighted by molar-refractivity contribution is 0.843. The zero-order valence-corrected chi connectivity index (χ0v) is 11.6. The molecule has 0 bridgehead atoms. The van der Waals surface area contributed by atoms with Crippen LogP contribution in [-0.4, -0.2) is 9.78 Å². The first-order valence-corrected chi connectivity index (χ1v) is 6.68. The van der Waals surface area contributed by atoms with Crippen molar-refractivity contribution in [1.29, 1.82) is 5.26 Å². The molecule has 0 aliphatic rings. The second kappa shape index (κ2) is 4.87. The molecule has 3 aromatic rings. The molecule has 0 fully saturated rings. The van der Waals surface area contributed by atoms with Gasteiger partial charge < -0.3 is 0 Å². The zero-order chi connectivity index (χ0) is 13.2. The van der Waals surface area contributed by atoms with Crippen molar-refractivity contribution in [2.45, 2.75) is 6.42 Å². The predicted molar refractivity (Wildman–Crippen MR) is 78.1 cm³/mol. The Morgan fingerprint density at radius 2 is 2.00 bits per heavy atom. The highest BCUT2D eigenvalue weighted by Crippen LogP contribution is 2.23. The monoisotopic (exact) mass is 311 g/mol. The highest BCUT2D eigenvalue weighted by atomic mass is 79.9. The molecule has 0 saturated carbocycles. The minimum atomic E-state index is 0.340. The largest absolute Gasteiger partial charge is 0.235 e. The number of fused-ring (bicyclic) bond motifs is 1. The van der Waals surface area contributed by atoms with Gasteiger partial charge in [0.2, 0.25) is 0 Å². The Morgan fingerprint density at radius 1 is 1.16 bits per heavy atom. The molecule has 0 radical (unpaired) electrons. The van der Waals surface area contributed by atoms with Crippen LogP contribution in [-0.2, 0) is 6.42 Å². The van der Waals surface area contributed by atoms with Crippen molar-refractivity contribution in [3.8, 4) is 11.8 Å². The third-order valence-corrected chi connectivity index (χ3v) is 3.47. The number of benzene rings is 2. The summed E-state index contributed by atoms with van der Waals surface area (Å²) in [4.78, 5) is 0. The van der Waals surface area contributed by atoms with Crippen LogP contribution in [0.15, 0.2) is 53.0 Å². The Labute approximate surface area is 119 Å². The summed E-state index contributed by atoms with van der Waals surface area (Å²) in [5.74, 6) is 0. The first kappa shape index (κ1) is 11.9. The maximum Gasteiger partial charge on any atom is 0.0931 e. The fourth-order valence-corrected chi connectivity index (χ4v) is 2.54. The predicted octanol–water partition coefficient (Wildman–Crippen LogP) is 3.85. The average molecular weight is 312 g/mol. The molecule has 2 aromatic carbocycles. The summed E-state index contributed by atoms with van der Waals surface area (Å²) in [6.45, 7) is 0. The zero-order valence-electron chi connectivity index (χ0n) is 10.0. The third kappa shape index (κ3) is 2.13. The Kier molecular flexibility index (Phi) is 3.06. The summed E-state index contributed by atoms with van der Waals surface area (Å²) in [5.41, 5.74) is 2.79. The minimum absolute atomic E-state index is 0.340. The van der Waals surface area contributed by atoms with Crippen molar-refractivity contribution < 1.29 is 0 Å². The normalized spacial score (nSPS) is 10.5. The number of aromatic nitrogens is 2. The Morgan fingerprint density at radius 3 is 2.79 bits per heavy atom. The molecule has 92 valence electrons. The molecule has 1 heterocycles. The molecule has 0 unspecified atom stereocenters. The van der Waals surface area contributed by atoms with Gasteiger partial charge in [0.25, 0.3) is 0 Å². The molecular formula is C15H10BrN3. The van der Waals surface area contributed by atoms with Crippen molar-refractivity contribution in [1.82, 2.24) is 9.78 Å². The number of hydrogen-bond donors (Lipinski definition) is 0. The van der Waals surface area contributed by atoms with Crippen molar-refractivity contribution in [2.24, 2.45) is 0 Å². The molecule has 0 aliphatic heterocycles. The van der Waals surface area contributed by atoms with Gasteiger partial charge in [-0.05, 0) is 24.3 Å². The Hall–Kier alpha value is -2.12. The maximum absolute atomic E-state index is 9.02. The van der Waals surface area contributed by atoms with Crippen molar-refractivity contribution in [2.75, 3.05) is 0 Å². The number of halogens is 1. The van der Waals surface area contributed by atoms with Crippen LogP contribution < -0.4 is 0 Å². The van der Waals surface area contributed by atoms with E-state index < -0.39 is 0 Å². The van der Waals surface area contributed by atoms with Crippen LogP contribution in [0.5, 0.6) is 0 Å². The second-order valence-electron chi connectivity index (χ2n) is 4.19. The Balaban J connectivity index is 2.28. The van der Waals surface area contributed by atoms with Crippen LogP contribution in [0.25, 0.3) is 16.6 Å². The third-order valence-electron chi connectivity index (χ3n) is 2.98. The first-order chi connectivity index (χ1) is 9.29. The summed E-state index contributed by atoms with van der Waals surface area (Å²) in [6, 6.07) is 18.0. The summed E-state index contributed by atoms with van der Waals surface area (Å²) in [5, 5.41) is 14.6. The lowest BCUT2D eigenvalue weighted by Crippen LogP contribution is -2.01. The highest BCUT2D eigenvalue weighted by Gasteiger charge is 2.11. The van der Waals surface area contributed by atoms with Crippen LogP contribution in [0.3, 0.4) is 0 Å². The SMILES string of the molecule is N#CCc1c2ccccc2nn1-c1cccc(Br)c1. The topological polar surface area (TPSA) is 41.6 Å². The summed E-state index contributed by atoms with van der Waals surface area (Å²) in [6.07, 6.45) is 0.340. The molecule has 3 rings (SSSR count). The van der Waals surface area contributed by atoms with Crippen molar-refractivity contribution in [3.05, 3.63) is 58.7 Å². The van der Waals surface area contributed by atoms with Gasteiger partial charge in [0.15, 0.2) is 0 Å². The van der Waals surface area contributed by atoms with Gasteiger partial charge in [0.05, 0.1) is 29.4 Å². The van der Waals surface area contributed by atoms with Gasteiger partial charge in [-0.2, -0.15) is 10.4 Å². The average Bonchev–Trinajstić information content (AvgIpc) is 2.79. The van der Waals surface area contributed by atoms with Crippen LogP contribution >= 0.6 is 15.9 Å². The van der Waals surface area contributed by atoms with Gasteiger partial charge in [0, 0.05) is 9.86 Å². The van der Waals surface area contributed by atoms with Crippen LogP contribution in [0.4, 0.5) is 0 Å². The van der Waals surface area contributed by atoms with E-state index >= 15 is 0 Å².